The lowest BCUT2D eigenvalue weighted by Gasteiger charge is -2.56. The number of piperazine rings is 1. The fraction of sp³-hybridized carbons (Fsp3) is 0.500. The van der Waals surface area contributed by atoms with E-state index in [0.717, 1.165) is 36.2 Å². The number of piperidine rings is 1. The fourth-order valence-electron chi connectivity index (χ4n) is 3.51. The molecule has 9 heteroatoms. The highest BCUT2D eigenvalue weighted by Crippen LogP contribution is 2.36. The lowest BCUT2D eigenvalue weighted by atomic mass is 9.88. The van der Waals surface area contributed by atoms with E-state index in [2.05, 4.69) is 51.7 Å². The molecule has 2 aromatic rings. The molecule has 2 atom stereocenters. The molecule has 132 valence electrons. The van der Waals surface area contributed by atoms with Crippen LogP contribution in [-0.4, -0.2) is 64.2 Å². The van der Waals surface area contributed by atoms with E-state index >= 15 is 0 Å². The van der Waals surface area contributed by atoms with E-state index in [1.165, 1.54) is 0 Å². The Hall–Kier alpha value is -2.00. The van der Waals surface area contributed by atoms with Crippen LogP contribution in [0, 0.1) is 0 Å². The summed E-state index contributed by atoms with van der Waals surface area (Å²) in [5.74, 6) is 0.631. The first-order chi connectivity index (χ1) is 12.2. The Morgan fingerprint density at radius 2 is 1.76 bits per heavy atom. The van der Waals surface area contributed by atoms with Crippen molar-refractivity contribution in [2.75, 3.05) is 32.2 Å². The number of rotatable bonds is 5. The van der Waals surface area contributed by atoms with Crippen LogP contribution in [0.2, 0.25) is 0 Å². The van der Waals surface area contributed by atoms with Crippen molar-refractivity contribution in [3.05, 3.63) is 28.5 Å². The van der Waals surface area contributed by atoms with Crippen molar-refractivity contribution in [1.82, 2.24) is 24.8 Å². The number of hydrogen-bond acceptors (Lipinski definition) is 8. The molecule has 2 unspecified atom stereocenters. The van der Waals surface area contributed by atoms with E-state index in [9.17, 15) is 0 Å². The van der Waals surface area contributed by atoms with Gasteiger partial charge in [-0.3, -0.25) is 9.88 Å². The van der Waals surface area contributed by atoms with Gasteiger partial charge in [0.2, 0.25) is 5.95 Å². The summed E-state index contributed by atoms with van der Waals surface area (Å²) in [6, 6.07) is 5.44. The Bertz CT molecular complexity index is 725. The molecule has 0 radical (unpaired) electrons. The van der Waals surface area contributed by atoms with Crippen LogP contribution in [0.15, 0.2) is 22.8 Å². The largest absolute Gasteiger partial charge is 0.467 e. The maximum absolute atomic E-state index is 5.16. The zero-order valence-electron chi connectivity index (χ0n) is 14.1. The summed E-state index contributed by atoms with van der Waals surface area (Å²) in [5, 5.41) is 0. The topological polar surface area (TPSA) is 76.5 Å². The summed E-state index contributed by atoms with van der Waals surface area (Å²) in [4.78, 5) is 22.0. The first kappa shape index (κ1) is 16.5. The zero-order valence-corrected chi connectivity index (χ0v) is 15.7. The molecule has 5 heterocycles. The molecule has 3 saturated heterocycles. The van der Waals surface area contributed by atoms with Gasteiger partial charge in [0.15, 0.2) is 0 Å². The van der Waals surface area contributed by atoms with Crippen molar-refractivity contribution in [1.29, 1.82) is 0 Å². The average Bonchev–Trinajstić information content (AvgIpc) is 2.63. The summed E-state index contributed by atoms with van der Waals surface area (Å²) < 4.78 is 11.3. The van der Waals surface area contributed by atoms with Crippen LogP contribution in [0.3, 0.4) is 0 Å². The van der Waals surface area contributed by atoms with Crippen LogP contribution < -0.4 is 14.4 Å². The van der Waals surface area contributed by atoms with Crippen LogP contribution in [0.25, 0.3) is 0 Å². The van der Waals surface area contributed by atoms with Crippen LogP contribution >= 0.6 is 15.9 Å². The number of pyridine rings is 1. The van der Waals surface area contributed by atoms with Crippen molar-refractivity contribution >= 4 is 21.9 Å². The molecule has 3 aliphatic heterocycles. The SMILES string of the molecule is COc1nc(OC)nc(N2C3CC2CN(Cc2ccc(Br)cn2)C3)n1. The molecule has 2 bridgehead atoms. The van der Waals surface area contributed by atoms with E-state index < -0.39 is 0 Å². The van der Waals surface area contributed by atoms with Crippen molar-refractivity contribution in [2.24, 2.45) is 0 Å². The van der Waals surface area contributed by atoms with Gasteiger partial charge in [-0.15, -0.1) is 4.98 Å². The van der Waals surface area contributed by atoms with Crippen molar-refractivity contribution < 1.29 is 9.47 Å². The van der Waals surface area contributed by atoms with Gasteiger partial charge in [0.25, 0.3) is 0 Å². The predicted molar refractivity (Wildman–Crippen MR) is 94.8 cm³/mol. The molecule has 0 saturated carbocycles. The number of fused-ring (bicyclic) bond motifs is 2. The zero-order chi connectivity index (χ0) is 17.4. The van der Waals surface area contributed by atoms with Crippen LogP contribution in [-0.2, 0) is 6.54 Å². The van der Waals surface area contributed by atoms with E-state index in [1.54, 1.807) is 14.2 Å². The Morgan fingerprint density at radius 1 is 1.08 bits per heavy atom. The highest BCUT2D eigenvalue weighted by molar-refractivity contribution is 9.10. The van der Waals surface area contributed by atoms with Crippen molar-refractivity contribution in [3.63, 3.8) is 0 Å². The van der Waals surface area contributed by atoms with Crippen LogP contribution in [0.5, 0.6) is 12.0 Å². The second kappa shape index (κ2) is 6.72. The number of hydrogen-bond donors (Lipinski definition) is 0. The highest BCUT2D eigenvalue weighted by Gasteiger charge is 2.46. The first-order valence-corrected chi connectivity index (χ1v) is 8.90. The van der Waals surface area contributed by atoms with E-state index in [1.807, 2.05) is 12.3 Å². The number of aromatic nitrogens is 4. The predicted octanol–water partition coefficient (Wildman–Crippen LogP) is 1.51. The van der Waals surface area contributed by atoms with Crippen molar-refractivity contribution in [3.8, 4) is 12.0 Å². The fourth-order valence-corrected chi connectivity index (χ4v) is 3.74. The van der Waals surface area contributed by atoms with E-state index in [-0.39, 0.29) is 12.0 Å². The second-order valence-corrected chi connectivity index (χ2v) is 7.14. The summed E-state index contributed by atoms with van der Waals surface area (Å²) in [6.45, 7) is 2.78. The van der Waals surface area contributed by atoms with Gasteiger partial charge in [0.05, 0.1) is 19.9 Å². The minimum Gasteiger partial charge on any atom is -0.467 e. The van der Waals surface area contributed by atoms with Gasteiger partial charge in [-0.25, -0.2) is 0 Å². The minimum absolute atomic E-state index is 0.280. The first-order valence-electron chi connectivity index (χ1n) is 8.11. The molecule has 8 nitrogen and oxygen atoms in total. The number of halogens is 1. The molecule has 0 aliphatic carbocycles. The quantitative estimate of drug-likeness (QED) is 0.739. The maximum Gasteiger partial charge on any atom is 0.324 e. The van der Waals surface area contributed by atoms with Gasteiger partial charge in [-0.2, -0.15) is 9.97 Å². The smallest absolute Gasteiger partial charge is 0.324 e. The molecule has 25 heavy (non-hydrogen) atoms. The molecule has 0 aromatic carbocycles. The van der Waals surface area contributed by atoms with E-state index in [0.29, 0.717) is 18.0 Å². The molecule has 5 rings (SSSR count). The van der Waals surface area contributed by atoms with Gasteiger partial charge in [0.1, 0.15) is 0 Å². The molecule has 0 amide bonds. The van der Waals surface area contributed by atoms with Gasteiger partial charge in [-0.1, -0.05) is 0 Å². The summed E-state index contributed by atoms with van der Waals surface area (Å²) >= 11 is 3.42. The Labute approximate surface area is 154 Å². The monoisotopic (exact) mass is 406 g/mol. The average molecular weight is 407 g/mol. The number of anilines is 1. The lowest BCUT2D eigenvalue weighted by molar-refractivity contribution is 0.105. The minimum atomic E-state index is 0.280. The lowest BCUT2D eigenvalue weighted by Crippen LogP contribution is -2.69. The molecular formula is C16H19BrN6O2. The summed E-state index contributed by atoms with van der Waals surface area (Å²) in [7, 11) is 3.09. The number of ether oxygens (including phenoxy) is 2. The Balaban J connectivity index is 1.46. The molecular weight excluding hydrogens is 388 g/mol. The van der Waals surface area contributed by atoms with Gasteiger partial charge in [0, 0.05) is 42.4 Å². The number of methoxy groups -OCH3 is 2. The Kier molecular flexibility index (Phi) is 4.43. The van der Waals surface area contributed by atoms with Gasteiger partial charge in [-0.05, 0) is 34.5 Å². The summed E-state index contributed by atoms with van der Waals surface area (Å²) in [5.41, 5.74) is 1.08. The van der Waals surface area contributed by atoms with Crippen LogP contribution in [0.4, 0.5) is 5.95 Å². The van der Waals surface area contributed by atoms with Gasteiger partial charge < -0.3 is 14.4 Å². The van der Waals surface area contributed by atoms with Crippen molar-refractivity contribution in [2.45, 2.75) is 25.0 Å². The normalized spacial score (nSPS) is 22.4. The third-order valence-corrected chi connectivity index (χ3v) is 5.09. The third-order valence-electron chi connectivity index (χ3n) is 4.62. The maximum atomic E-state index is 5.16. The molecule has 3 aliphatic rings. The molecule has 0 N–H and O–H groups in total. The Morgan fingerprint density at radius 3 is 2.32 bits per heavy atom. The molecule has 2 aromatic heterocycles. The number of nitrogens with zero attached hydrogens (tertiary/aromatic N) is 6. The second-order valence-electron chi connectivity index (χ2n) is 6.22. The molecule has 3 fully saturated rings. The highest BCUT2D eigenvalue weighted by atomic mass is 79.9. The third kappa shape index (κ3) is 3.25. The van der Waals surface area contributed by atoms with Gasteiger partial charge >= 0.3 is 12.0 Å². The standard InChI is InChI=1S/C16H19BrN6O2/c1-24-15-19-14(20-16(21-15)25-2)23-12-5-13(23)9-22(8-12)7-11-4-3-10(17)6-18-11/h3-4,6,12-13H,5,7-9H2,1-2H3. The molecule has 0 spiro atoms. The summed E-state index contributed by atoms with van der Waals surface area (Å²) in [6.07, 6.45) is 3.00. The van der Waals surface area contributed by atoms with Crippen LogP contribution in [0.1, 0.15) is 12.1 Å². The van der Waals surface area contributed by atoms with E-state index in [4.69, 9.17) is 9.47 Å².